The van der Waals surface area contributed by atoms with Gasteiger partial charge in [0.1, 0.15) is 0 Å². The van der Waals surface area contributed by atoms with Crippen LogP contribution in [0.3, 0.4) is 0 Å². The van der Waals surface area contributed by atoms with Gasteiger partial charge in [0.15, 0.2) is 0 Å². The molecule has 1 N–H and O–H groups in total. The van der Waals surface area contributed by atoms with Crippen LogP contribution in [-0.4, -0.2) is 41.4 Å². The molecule has 1 unspecified atom stereocenters. The van der Waals surface area contributed by atoms with E-state index in [0.29, 0.717) is 5.92 Å². The molecule has 0 aromatic heterocycles. The molecule has 0 bridgehead atoms. The van der Waals surface area contributed by atoms with Crippen molar-refractivity contribution in [3.63, 3.8) is 0 Å². The summed E-state index contributed by atoms with van der Waals surface area (Å²) in [5.41, 5.74) is 0.793. The van der Waals surface area contributed by atoms with Crippen LogP contribution in [0.5, 0.6) is 0 Å². The average molecular weight is 306 g/mol. The lowest BCUT2D eigenvalue weighted by Crippen LogP contribution is -2.29. The minimum atomic E-state index is -4.51. The minimum absolute atomic E-state index is 0.354. The van der Waals surface area contributed by atoms with Crippen molar-refractivity contribution < 1.29 is 17.2 Å². The van der Waals surface area contributed by atoms with Crippen LogP contribution in [-0.2, 0) is 9.84 Å². The molecule has 0 radical (unpaired) electrons. The highest BCUT2D eigenvalue weighted by molar-refractivity contribution is 7.91. The molecule has 1 rings (SSSR count). The van der Waals surface area contributed by atoms with Gasteiger partial charge in [-0.2, -0.15) is 8.78 Å². The van der Waals surface area contributed by atoms with E-state index >= 15 is 0 Å². The van der Waals surface area contributed by atoms with Crippen molar-refractivity contribution in [3.05, 3.63) is 24.3 Å². The van der Waals surface area contributed by atoms with E-state index in [1.165, 1.54) is 12.1 Å². The van der Waals surface area contributed by atoms with Crippen LogP contribution in [0.25, 0.3) is 0 Å². The van der Waals surface area contributed by atoms with E-state index in [2.05, 4.69) is 12.2 Å². The number of hydrogen-bond donors (Lipinski definition) is 1. The topological polar surface area (TPSA) is 49.4 Å². The minimum Gasteiger partial charge on any atom is -0.374 e. The Morgan fingerprint density at radius 1 is 1.25 bits per heavy atom. The van der Waals surface area contributed by atoms with E-state index in [-0.39, 0.29) is 4.90 Å². The number of halogens is 2. The van der Waals surface area contributed by atoms with Crippen molar-refractivity contribution in [2.45, 2.75) is 17.6 Å². The Morgan fingerprint density at radius 3 is 2.25 bits per heavy atom. The highest BCUT2D eigenvalue weighted by Crippen LogP contribution is 2.22. The second-order valence-corrected chi connectivity index (χ2v) is 6.76. The van der Waals surface area contributed by atoms with E-state index in [9.17, 15) is 17.2 Å². The van der Waals surface area contributed by atoms with Gasteiger partial charge in [0.05, 0.1) is 4.90 Å². The molecule has 0 aliphatic carbocycles. The van der Waals surface area contributed by atoms with Crippen molar-refractivity contribution in [1.29, 1.82) is 0 Å². The molecule has 0 saturated carbocycles. The second-order valence-electron chi connectivity index (χ2n) is 4.84. The second kappa shape index (κ2) is 6.99. The summed E-state index contributed by atoms with van der Waals surface area (Å²) in [4.78, 5) is 1.61. The molecule has 0 aliphatic heterocycles. The van der Waals surface area contributed by atoms with Crippen LogP contribution in [0.2, 0.25) is 0 Å². The fourth-order valence-corrected chi connectivity index (χ4v) is 2.70. The Hall–Kier alpha value is -1.21. The SMILES string of the molecule is CNCC(C)CN(C)c1ccc(S(=O)(=O)C(F)F)cc1. The molecule has 20 heavy (non-hydrogen) atoms. The van der Waals surface area contributed by atoms with Gasteiger partial charge in [0, 0.05) is 19.3 Å². The first-order chi connectivity index (χ1) is 9.28. The zero-order valence-corrected chi connectivity index (χ0v) is 12.6. The molecule has 1 aromatic rings. The standard InChI is InChI=1S/C13H20F2N2O2S/c1-10(8-16-2)9-17(3)11-4-6-12(7-5-11)20(18,19)13(14)15/h4-7,10,13,16H,8-9H2,1-3H3. The highest BCUT2D eigenvalue weighted by Gasteiger charge is 2.26. The lowest BCUT2D eigenvalue weighted by atomic mass is 10.1. The fourth-order valence-electron chi connectivity index (χ4n) is 1.98. The zero-order valence-electron chi connectivity index (χ0n) is 11.8. The largest absolute Gasteiger partial charge is 0.374 e. The van der Waals surface area contributed by atoms with Gasteiger partial charge >= 0.3 is 5.76 Å². The van der Waals surface area contributed by atoms with Crippen molar-refractivity contribution >= 4 is 15.5 Å². The molecule has 114 valence electrons. The van der Waals surface area contributed by atoms with Gasteiger partial charge in [-0.15, -0.1) is 0 Å². The summed E-state index contributed by atoms with van der Waals surface area (Å²) in [5, 5.41) is 3.08. The Balaban J connectivity index is 2.81. The Morgan fingerprint density at radius 2 is 1.80 bits per heavy atom. The number of nitrogens with one attached hydrogen (secondary N) is 1. The van der Waals surface area contributed by atoms with Crippen LogP contribution in [0.1, 0.15) is 6.92 Å². The molecule has 1 atom stereocenters. The van der Waals surface area contributed by atoms with Gasteiger partial charge in [-0.05, 0) is 43.8 Å². The first kappa shape index (κ1) is 16.8. The van der Waals surface area contributed by atoms with Crippen LogP contribution < -0.4 is 10.2 Å². The quantitative estimate of drug-likeness (QED) is 0.837. The highest BCUT2D eigenvalue weighted by atomic mass is 32.2. The number of rotatable bonds is 7. The Labute approximate surface area is 118 Å². The summed E-state index contributed by atoms with van der Waals surface area (Å²) >= 11 is 0. The number of benzene rings is 1. The van der Waals surface area contributed by atoms with E-state index < -0.39 is 15.6 Å². The van der Waals surface area contributed by atoms with E-state index in [4.69, 9.17) is 0 Å². The normalized spacial score (nSPS) is 13.5. The third-order valence-corrected chi connectivity index (χ3v) is 4.38. The predicted molar refractivity (Wildman–Crippen MR) is 76.0 cm³/mol. The molecule has 0 heterocycles. The summed E-state index contributed by atoms with van der Waals surface area (Å²) in [5.74, 6) is -2.98. The van der Waals surface area contributed by atoms with Gasteiger partial charge in [0.2, 0.25) is 9.84 Å². The van der Waals surface area contributed by atoms with Crippen molar-refractivity contribution in [2.75, 3.05) is 32.1 Å². The van der Waals surface area contributed by atoms with Gasteiger partial charge in [-0.1, -0.05) is 6.92 Å². The monoisotopic (exact) mass is 306 g/mol. The van der Waals surface area contributed by atoms with Crippen LogP contribution in [0.4, 0.5) is 14.5 Å². The molecule has 0 spiro atoms. The number of sulfone groups is 1. The molecule has 7 heteroatoms. The van der Waals surface area contributed by atoms with Gasteiger partial charge in [0.25, 0.3) is 0 Å². The number of nitrogens with zero attached hydrogens (tertiary/aromatic N) is 1. The summed E-state index contributed by atoms with van der Waals surface area (Å²) in [6.07, 6.45) is 0. The van der Waals surface area contributed by atoms with Crippen LogP contribution in [0.15, 0.2) is 29.2 Å². The first-order valence-electron chi connectivity index (χ1n) is 6.27. The molecule has 4 nitrogen and oxygen atoms in total. The van der Waals surface area contributed by atoms with E-state index in [1.54, 1.807) is 12.1 Å². The maximum absolute atomic E-state index is 12.4. The molecule has 1 aromatic carbocycles. The average Bonchev–Trinajstić information content (AvgIpc) is 2.38. The van der Waals surface area contributed by atoms with Crippen LogP contribution in [0, 0.1) is 5.92 Å². The fraction of sp³-hybridized carbons (Fsp3) is 0.538. The molecular weight excluding hydrogens is 286 g/mol. The number of hydrogen-bond acceptors (Lipinski definition) is 4. The number of anilines is 1. The molecule has 0 saturated heterocycles. The van der Waals surface area contributed by atoms with Crippen molar-refractivity contribution in [1.82, 2.24) is 5.32 Å². The summed E-state index contributed by atoms with van der Waals surface area (Å²) in [6, 6.07) is 5.52. The predicted octanol–water partition coefficient (Wildman–Crippen LogP) is 1.97. The third kappa shape index (κ3) is 4.14. The third-order valence-electron chi connectivity index (χ3n) is 2.98. The van der Waals surface area contributed by atoms with Gasteiger partial charge in [-0.3, -0.25) is 0 Å². The summed E-state index contributed by atoms with van der Waals surface area (Å²) < 4.78 is 47.4. The molecule has 0 amide bonds. The van der Waals surface area contributed by atoms with Gasteiger partial charge in [-0.25, -0.2) is 8.42 Å². The first-order valence-corrected chi connectivity index (χ1v) is 7.81. The van der Waals surface area contributed by atoms with Crippen molar-refractivity contribution in [2.24, 2.45) is 5.92 Å². The maximum Gasteiger partial charge on any atom is 0.341 e. The lowest BCUT2D eigenvalue weighted by Gasteiger charge is -2.23. The van der Waals surface area contributed by atoms with E-state index in [0.717, 1.165) is 18.8 Å². The maximum atomic E-state index is 12.4. The summed E-state index contributed by atoms with van der Waals surface area (Å²) in [7, 11) is -0.760. The molecule has 0 fully saturated rings. The number of alkyl halides is 2. The summed E-state index contributed by atoms with van der Waals surface area (Å²) in [6.45, 7) is 3.73. The molecule has 0 aliphatic rings. The van der Waals surface area contributed by atoms with Gasteiger partial charge < -0.3 is 10.2 Å². The Kier molecular flexibility index (Phi) is 5.88. The Bertz CT molecular complexity index is 518. The van der Waals surface area contributed by atoms with E-state index in [1.807, 2.05) is 19.0 Å². The zero-order chi connectivity index (χ0) is 15.3. The molecular formula is C13H20F2N2O2S. The lowest BCUT2D eigenvalue weighted by molar-refractivity contribution is 0.234. The van der Waals surface area contributed by atoms with Crippen molar-refractivity contribution in [3.8, 4) is 0 Å². The van der Waals surface area contributed by atoms with Crippen LogP contribution >= 0.6 is 0 Å². The smallest absolute Gasteiger partial charge is 0.341 e.